The molecule has 0 saturated heterocycles. The van der Waals surface area contributed by atoms with Crippen LogP contribution in [-0.2, 0) is 11.3 Å². The largest absolute Gasteiger partial charge is 0.383 e. The van der Waals surface area contributed by atoms with E-state index in [1.54, 1.807) is 12.0 Å². The zero-order valence-electron chi connectivity index (χ0n) is 15.5. The van der Waals surface area contributed by atoms with Gasteiger partial charge in [-0.1, -0.05) is 37.3 Å². The van der Waals surface area contributed by atoms with Crippen LogP contribution in [0.15, 0.2) is 39.9 Å². The monoisotopic (exact) mass is 391 g/mol. The highest BCUT2D eigenvalue weighted by atomic mass is 32.1. The highest BCUT2D eigenvalue weighted by molar-refractivity contribution is 7.80. The molecule has 146 valence electrons. The number of methoxy groups -OCH3 is 1. The van der Waals surface area contributed by atoms with Crippen LogP contribution in [0.25, 0.3) is 0 Å². The van der Waals surface area contributed by atoms with E-state index >= 15 is 0 Å². The second-order valence-electron chi connectivity index (χ2n) is 5.94. The van der Waals surface area contributed by atoms with Crippen LogP contribution in [0.2, 0.25) is 0 Å². The van der Waals surface area contributed by atoms with Crippen molar-refractivity contribution >= 4 is 28.8 Å². The summed E-state index contributed by atoms with van der Waals surface area (Å²) in [5.41, 5.74) is 6.19. The molecule has 0 aliphatic rings. The molecule has 4 N–H and O–H groups in total. The van der Waals surface area contributed by atoms with E-state index < -0.39 is 11.2 Å². The van der Waals surface area contributed by atoms with Crippen LogP contribution in [0, 0.1) is 0 Å². The number of hydrogen-bond acceptors (Lipinski definition) is 5. The molecule has 0 saturated carbocycles. The van der Waals surface area contributed by atoms with Gasteiger partial charge < -0.3 is 20.7 Å². The minimum absolute atomic E-state index is 0.0805. The number of thiocarbonyl (C=S) groups is 1. The van der Waals surface area contributed by atoms with E-state index in [1.165, 1.54) is 4.57 Å². The van der Waals surface area contributed by atoms with Gasteiger partial charge in [0.05, 0.1) is 13.2 Å². The molecule has 2 aromatic rings. The van der Waals surface area contributed by atoms with Crippen LogP contribution in [0.1, 0.15) is 18.9 Å². The second kappa shape index (κ2) is 9.89. The summed E-state index contributed by atoms with van der Waals surface area (Å²) in [6.45, 7) is 3.67. The third kappa shape index (κ3) is 5.18. The number of nitrogen functional groups attached to an aromatic ring is 1. The number of aromatic amines is 1. The Labute approximate surface area is 163 Å². The number of benzene rings is 1. The minimum atomic E-state index is -0.564. The van der Waals surface area contributed by atoms with Crippen molar-refractivity contribution in [2.75, 3.05) is 37.4 Å². The first-order valence-corrected chi connectivity index (χ1v) is 9.11. The molecule has 0 spiro atoms. The Morgan fingerprint density at radius 2 is 2.04 bits per heavy atom. The van der Waals surface area contributed by atoms with E-state index in [2.05, 4.69) is 10.3 Å². The molecule has 0 atom stereocenters. The van der Waals surface area contributed by atoms with Gasteiger partial charge >= 0.3 is 5.69 Å². The molecule has 2 rings (SSSR count). The highest BCUT2D eigenvalue weighted by Crippen LogP contribution is 2.18. The van der Waals surface area contributed by atoms with Crippen molar-refractivity contribution in [2.24, 2.45) is 0 Å². The van der Waals surface area contributed by atoms with Crippen LogP contribution in [0.3, 0.4) is 0 Å². The number of nitrogens with one attached hydrogen (secondary N) is 2. The fourth-order valence-electron chi connectivity index (χ4n) is 2.66. The lowest BCUT2D eigenvalue weighted by atomic mass is 10.2. The maximum atomic E-state index is 12.5. The van der Waals surface area contributed by atoms with E-state index in [-0.39, 0.29) is 18.1 Å². The molecule has 9 heteroatoms. The van der Waals surface area contributed by atoms with Crippen LogP contribution in [0.5, 0.6) is 0 Å². The van der Waals surface area contributed by atoms with Crippen molar-refractivity contribution in [3.8, 4) is 0 Å². The number of nitrogens with zero attached hydrogens (tertiary/aromatic N) is 2. The number of rotatable bonds is 8. The fourth-order valence-corrected chi connectivity index (χ4v) is 2.94. The molecular weight excluding hydrogens is 366 g/mol. The van der Waals surface area contributed by atoms with Gasteiger partial charge in [0.1, 0.15) is 5.82 Å². The fraction of sp³-hybridized carbons (Fsp3) is 0.389. The van der Waals surface area contributed by atoms with Gasteiger partial charge in [-0.05, 0) is 24.2 Å². The van der Waals surface area contributed by atoms with Gasteiger partial charge in [-0.3, -0.25) is 14.3 Å². The first-order valence-electron chi connectivity index (χ1n) is 8.70. The quantitative estimate of drug-likeness (QED) is 0.454. The molecular formula is C18H25N5O3S. The predicted octanol–water partition coefficient (Wildman–Crippen LogP) is 0.904. The summed E-state index contributed by atoms with van der Waals surface area (Å²) in [6.07, 6.45) is 0.739. The Morgan fingerprint density at radius 3 is 2.67 bits per heavy atom. The zero-order chi connectivity index (χ0) is 19.8. The lowest BCUT2D eigenvalue weighted by molar-refractivity contribution is 0.204. The molecule has 1 aromatic carbocycles. The van der Waals surface area contributed by atoms with Crippen LogP contribution < -0.4 is 27.2 Å². The van der Waals surface area contributed by atoms with Gasteiger partial charge in [0.25, 0.3) is 5.56 Å². The van der Waals surface area contributed by atoms with E-state index in [1.807, 2.05) is 37.3 Å². The average Bonchev–Trinajstić information content (AvgIpc) is 2.65. The number of anilines is 2. The summed E-state index contributed by atoms with van der Waals surface area (Å²) in [6, 6.07) is 9.42. The third-order valence-electron chi connectivity index (χ3n) is 3.94. The van der Waals surface area contributed by atoms with E-state index in [0.29, 0.717) is 24.8 Å². The van der Waals surface area contributed by atoms with Crippen molar-refractivity contribution in [1.29, 1.82) is 0 Å². The smallest absolute Gasteiger partial charge is 0.330 e. The lowest BCUT2D eigenvalue weighted by Gasteiger charge is -2.26. The van der Waals surface area contributed by atoms with E-state index in [4.69, 9.17) is 22.7 Å². The maximum Gasteiger partial charge on any atom is 0.330 e. The van der Waals surface area contributed by atoms with Crippen molar-refractivity contribution in [3.63, 3.8) is 0 Å². The number of H-pyrrole nitrogens is 1. The number of aromatic nitrogens is 2. The summed E-state index contributed by atoms with van der Waals surface area (Å²) in [7, 11) is 1.59. The Bertz CT molecular complexity index is 879. The summed E-state index contributed by atoms with van der Waals surface area (Å²) in [5.74, 6) is 0.0805. The SMILES string of the molecule is CCCN(C(=S)NCCOC)c1c(N)n(Cc2ccccc2)c(=O)[nH]c1=O. The summed E-state index contributed by atoms with van der Waals surface area (Å²) in [4.78, 5) is 28.8. The standard InChI is InChI=1S/C18H25N5O3S/c1-3-10-22(18(27)20-9-11-26-2)14-15(19)23(17(25)21-16(14)24)12-13-7-5-4-6-8-13/h4-8H,3,9-12,19H2,1-2H3,(H,20,27)(H,21,24,25). The second-order valence-corrected chi connectivity index (χ2v) is 6.33. The predicted molar refractivity (Wildman–Crippen MR) is 111 cm³/mol. The molecule has 0 bridgehead atoms. The average molecular weight is 391 g/mol. The molecule has 0 aliphatic carbocycles. The number of nitrogens with two attached hydrogens (primary N) is 1. The molecule has 0 unspecified atom stereocenters. The maximum absolute atomic E-state index is 12.5. The number of hydrogen-bond donors (Lipinski definition) is 3. The van der Waals surface area contributed by atoms with E-state index in [0.717, 1.165) is 12.0 Å². The number of ether oxygens (including phenoxy) is 1. The van der Waals surface area contributed by atoms with Crippen LogP contribution in [0.4, 0.5) is 11.5 Å². The normalized spacial score (nSPS) is 10.6. The van der Waals surface area contributed by atoms with Gasteiger partial charge in [0.15, 0.2) is 10.8 Å². The molecule has 1 heterocycles. The van der Waals surface area contributed by atoms with Crippen molar-refractivity contribution in [3.05, 3.63) is 56.7 Å². The summed E-state index contributed by atoms with van der Waals surface area (Å²) in [5, 5.41) is 3.40. The topological polar surface area (TPSA) is 105 Å². The van der Waals surface area contributed by atoms with Gasteiger partial charge in [-0.25, -0.2) is 4.79 Å². The zero-order valence-corrected chi connectivity index (χ0v) is 16.3. The Hall–Kier alpha value is -2.65. The molecule has 8 nitrogen and oxygen atoms in total. The third-order valence-corrected chi connectivity index (χ3v) is 4.31. The van der Waals surface area contributed by atoms with Crippen LogP contribution in [-0.4, -0.2) is 41.5 Å². The molecule has 0 amide bonds. The minimum Gasteiger partial charge on any atom is -0.383 e. The Kier molecular flexibility index (Phi) is 7.56. The first kappa shape index (κ1) is 20.7. The van der Waals surface area contributed by atoms with Gasteiger partial charge in [-0.2, -0.15) is 0 Å². The molecule has 27 heavy (non-hydrogen) atoms. The van der Waals surface area contributed by atoms with Gasteiger partial charge in [0.2, 0.25) is 0 Å². The van der Waals surface area contributed by atoms with Crippen molar-refractivity contribution in [2.45, 2.75) is 19.9 Å². The summed E-state index contributed by atoms with van der Waals surface area (Å²) < 4.78 is 6.35. The van der Waals surface area contributed by atoms with Crippen molar-refractivity contribution < 1.29 is 4.74 Å². The Morgan fingerprint density at radius 1 is 1.33 bits per heavy atom. The van der Waals surface area contributed by atoms with Gasteiger partial charge in [0, 0.05) is 20.2 Å². The first-order chi connectivity index (χ1) is 13.0. The Balaban J connectivity index is 2.44. The lowest BCUT2D eigenvalue weighted by Crippen LogP contribution is -2.46. The molecule has 0 fully saturated rings. The van der Waals surface area contributed by atoms with Crippen molar-refractivity contribution in [1.82, 2.24) is 14.9 Å². The van der Waals surface area contributed by atoms with Gasteiger partial charge in [-0.15, -0.1) is 0 Å². The summed E-state index contributed by atoms with van der Waals surface area (Å²) >= 11 is 5.42. The molecule has 0 aliphatic heterocycles. The molecule has 0 radical (unpaired) electrons. The highest BCUT2D eigenvalue weighted by Gasteiger charge is 2.21. The van der Waals surface area contributed by atoms with E-state index in [9.17, 15) is 9.59 Å². The molecule has 1 aromatic heterocycles. The van der Waals surface area contributed by atoms with Crippen LogP contribution >= 0.6 is 12.2 Å².